The maximum absolute atomic E-state index is 10.8. The standard InChI is InChI=1S/C29H29N5O3/c30-29(32-33-31)19-12-14-26-24(17-19)22-8-3-4-10-25(22)34(26)18-20-13-15-27(23-9-2-1-7-21(20)23)37-16-6-5-11-28(35)36/h1-4,7-10,12-15,17,29H,5-6,11,16,18,30H2,(H2,31,32)(H,35,36)/p+1. The molecule has 8 heteroatoms. The smallest absolute Gasteiger partial charge is 0.303 e. The molecule has 1 atom stereocenters. The van der Waals surface area contributed by atoms with Gasteiger partial charge in [0.2, 0.25) is 6.17 Å². The number of unbranched alkanes of at least 4 members (excludes halogenated alkanes) is 1. The van der Waals surface area contributed by atoms with Gasteiger partial charge in [0.15, 0.2) is 0 Å². The Balaban J connectivity index is 1.51. The minimum Gasteiger partial charge on any atom is -0.493 e. The van der Waals surface area contributed by atoms with Crippen LogP contribution in [0.5, 0.6) is 5.75 Å². The first kappa shape index (κ1) is 24.3. The summed E-state index contributed by atoms with van der Waals surface area (Å²) in [6, 6.07) is 27.1. The van der Waals surface area contributed by atoms with Gasteiger partial charge in [-0.25, -0.2) is 0 Å². The minimum absolute atomic E-state index is 0.163. The van der Waals surface area contributed by atoms with Gasteiger partial charge in [-0.3, -0.25) is 4.79 Å². The molecule has 0 amide bonds. The number of nitrogens with zero attached hydrogens (tertiary/aromatic N) is 3. The van der Waals surface area contributed by atoms with Crippen molar-refractivity contribution in [3.63, 3.8) is 0 Å². The van der Waals surface area contributed by atoms with E-state index >= 15 is 0 Å². The number of rotatable bonds is 10. The third-order valence-electron chi connectivity index (χ3n) is 6.73. The van der Waals surface area contributed by atoms with Gasteiger partial charge in [-0.1, -0.05) is 53.8 Å². The molecule has 6 N–H and O–H groups in total. The number of carbonyl (C=O) groups is 1. The fourth-order valence-corrected chi connectivity index (χ4v) is 4.92. The molecule has 0 fully saturated rings. The molecule has 1 aromatic heterocycles. The van der Waals surface area contributed by atoms with Crippen LogP contribution < -0.4 is 16.3 Å². The number of hydrogen-bond acceptors (Lipinski definition) is 4. The molecule has 0 aliphatic heterocycles. The second kappa shape index (κ2) is 10.7. The molecule has 188 valence electrons. The van der Waals surface area contributed by atoms with Crippen LogP contribution in [0, 0.1) is 0 Å². The van der Waals surface area contributed by atoms with Gasteiger partial charge in [-0.2, -0.15) is 0 Å². The number of benzene rings is 4. The number of fused-ring (bicyclic) bond motifs is 4. The Kier molecular flexibility index (Phi) is 7.00. The molecule has 0 aliphatic rings. The average Bonchev–Trinajstić information content (AvgIpc) is 3.22. The highest BCUT2D eigenvalue weighted by Gasteiger charge is 2.16. The van der Waals surface area contributed by atoms with E-state index in [9.17, 15) is 4.79 Å². The topological polar surface area (TPSA) is 130 Å². The molecule has 4 aromatic carbocycles. The monoisotopic (exact) mass is 496 g/mol. The maximum Gasteiger partial charge on any atom is 0.303 e. The Labute approximate surface area is 214 Å². The summed E-state index contributed by atoms with van der Waals surface area (Å²) in [5.41, 5.74) is 8.48. The summed E-state index contributed by atoms with van der Waals surface area (Å²) < 4.78 is 8.39. The molecular formula is C29H30N5O3+. The van der Waals surface area contributed by atoms with Crippen LogP contribution in [0.25, 0.3) is 32.6 Å². The number of aliphatic carboxylic acids is 1. The van der Waals surface area contributed by atoms with Gasteiger partial charge in [0.05, 0.1) is 6.61 Å². The zero-order valence-electron chi connectivity index (χ0n) is 20.5. The van der Waals surface area contributed by atoms with Crippen LogP contribution in [-0.4, -0.2) is 22.2 Å². The molecular weight excluding hydrogens is 466 g/mol. The van der Waals surface area contributed by atoms with E-state index in [0.717, 1.165) is 38.5 Å². The van der Waals surface area contributed by atoms with Gasteiger partial charge >= 0.3 is 5.97 Å². The number of hydrogen-bond donors (Lipinski definition) is 3. The predicted molar refractivity (Wildman–Crippen MR) is 144 cm³/mol. The zero-order chi connectivity index (χ0) is 25.8. The largest absolute Gasteiger partial charge is 0.493 e. The lowest BCUT2D eigenvalue weighted by Crippen LogP contribution is -2.52. The van der Waals surface area contributed by atoms with Crippen LogP contribution in [0.2, 0.25) is 0 Å². The molecule has 0 spiro atoms. The van der Waals surface area contributed by atoms with Crippen molar-refractivity contribution < 1.29 is 20.4 Å². The highest BCUT2D eigenvalue weighted by Crippen LogP contribution is 2.34. The summed E-state index contributed by atoms with van der Waals surface area (Å²) in [5, 5.41) is 20.7. The minimum atomic E-state index is -0.775. The highest BCUT2D eigenvalue weighted by molar-refractivity contribution is 6.08. The average molecular weight is 497 g/mol. The molecule has 37 heavy (non-hydrogen) atoms. The van der Waals surface area contributed by atoms with E-state index in [-0.39, 0.29) is 12.6 Å². The van der Waals surface area contributed by atoms with Crippen molar-refractivity contribution in [3.8, 4) is 5.75 Å². The Morgan fingerprint density at radius 2 is 1.65 bits per heavy atom. The Bertz CT molecular complexity index is 1610. The van der Waals surface area contributed by atoms with E-state index in [0.29, 0.717) is 26.0 Å². The Morgan fingerprint density at radius 3 is 2.43 bits per heavy atom. The van der Waals surface area contributed by atoms with Crippen LogP contribution >= 0.6 is 0 Å². The number of quaternary nitrogens is 1. The molecule has 0 radical (unpaired) electrons. The number of aromatic nitrogens is 1. The predicted octanol–water partition coefficient (Wildman–Crippen LogP) is 5.20. The van der Waals surface area contributed by atoms with Crippen molar-refractivity contribution >= 4 is 38.5 Å². The lowest BCUT2D eigenvalue weighted by molar-refractivity contribution is -0.425. The van der Waals surface area contributed by atoms with Crippen molar-refractivity contribution in [3.05, 3.63) is 90.0 Å². The first-order valence-electron chi connectivity index (χ1n) is 12.4. The fourth-order valence-electron chi connectivity index (χ4n) is 4.92. The number of carboxylic acid groups (broad SMARTS) is 1. The fraction of sp³-hybridized carbons (Fsp3) is 0.207. The van der Waals surface area contributed by atoms with Gasteiger partial charge in [-0.05, 0) is 54.1 Å². The van der Waals surface area contributed by atoms with Crippen LogP contribution in [0.3, 0.4) is 0 Å². The zero-order valence-corrected chi connectivity index (χ0v) is 20.5. The third kappa shape index (κ3) is 4.96. The molecule has 1 unspecified atom stereocenters. The van der Waals surface area contributed by atoms with E-state index in [4.69, 9.17) is 15.7 Å². The van der Waals surface area contributed by atoms with Crippen molar-refractivity contribution in [1.29, 1.82) is 0 Å². The van der Waals surface area contributed by atoms with E-state index < -0.39 is 5.97 Å². The van der Waals surface area contributed by atoms with Crippen molar-refractivity contribution in [2.24, 2.45) is 16.2 Å². The lowest BCUT2D eigenvalue weighted by atomic mass is 10.0. The van der Waals surface area contributed by atoms with E-state index in [1.54, 1.807) is 0 Å². The van der Waals surface area contributed by atoms with E-state index in [1.807, 2.05) is 24.3 Å². The number of nitrogens with two attached hydrogens (primary N) is 1. The van der Waals surface area contributed by atoms with E-state index in [1.165, 1.54) is 10.9 Å². The quantitative estimate of drug-likeness (QED) is 0.106. The number of para-hydroxylation sites is 1. The molecule has 0 bridgehead atoms. The Morgan fingerprint density at radius 1 is 0.919 bits per heavy atom. The normalized spacial score (nSPS) is 12.6. The first-order chi connectivity index (χ1) is 18.1. The summed E-state index contributed by atoms with van der Waals surface area (Å²) in [4.78, 5) is 10.8. The van der Waals surface area contributed by atoms with Crippen LogP contribution in [-0.2, 0) is 11.3 Å². The second-order valence-electron chi connectivity index (χ2n) is 9.09. The van der Waals surface area contributed by atoms with Crippen molar-refractivity contribution in [2.45, 2.75) is 32.0 Å². The van der Waals surface area contributed by atoms with Gasteiger partial charge in [-0.15, -0.1) is 5.11 Å². The molecule has 0 saturated heterocycles. The van der Waals surface area contributed by atoms with E-state index in [2.05, 4.69) is 75.2 Å². The molecule has 0 aliphatic carbocycles. The highest BCUT2D eigenvalue weighted by atomic mass is 16.5. The molecule has 1 heterocycles. The summed E-state index contributed by atoms with van der Waals surface area (Å²) >= 11 is 0. The lowest BCUT2D eigenvalue weighted by Gasteiger charge is -2.14. The van der Waals surface area contributed by atoms with Gasteiger partial charge in [0, 0.05) is 45.7 Å². The second-order valence-corrected chi connectivity index (χ2v) is 9.09. The van der Waals surface area contributed by atoms with Crippen molar-refractivity contribution in [1.82, 2.24) is 4.57 Å². The number of ether oxygens (including phenoxy) is 1. The van der Waals surface area contributed by atoms with Crippen molar-refractivity contribution in [2.75, 3.05) is 6.61 Å². The van der Waals surface area contributed by atoms with Gasteiger partial charge in [0.25, 0.3) is 0 Å². The SMILES string of the molecule is NN=NC([NH3+])c1ccc2c(c1)c1ccccc1n2Cc1ccc(OCCCCC(=O)O)c2ccccc12. The van der Waals surface area contributed by atoms with Crippen LogP contribution in [0.15, 0.2) is 89.2 Å². The Hall–Kier alpha value is -4.43. The molecule has 0 saturated carbocycles. The third-order valence-corrected chi connectivity index (χ3v) is 6.73. The molecule has 8 nitrogen and oxygen atoms in total. The molecule has 5 aromatic rings. The summed E-state index contributed by atoms with van der Waals surface area (Å²) in [5.74, 6) is 5.29. The number of carboxylic acids is 1. The van der Waals surface area contributed by atoms with Crippen LogP contribution in [0.4, 0.5) is 0 Å². The maximum atomic E-state index is 10.8. The van der Waals surface area contributed by atoms with Gasteiger partial charge < -0.3 is 26.0 Å². The summed E-state index contributed by atoms with van der Waals surface area (Å²) in [7, 11) is 0. The van der Waals surface area contributed by atoms with Crippen LogP contribution in [0.1, 0.15) is 36.6 Å². The summed E-state index contributed by atoms with van der Waals surface area (Å²) in [6.45, 7) is 1.18. The van der Waals surface area contributed by atoms with Gasteiger partial charge in [0.1, 0.15) is 5.75 Å². The molecule has 5 rings (SSSR count). The summed E-state index contributed by atoms with van der Waals surface area (Å²) in [6.07, 6.45) is 1.10. The first-order valence-corrected chi connectivity index (χ1v) is 12.4.